The van der Waals surface area contributed by atoms with Gasteiger partial charge < -0.3 is 10.4 Å². The summed E-state index contributed by atoms with van der Waals surface area (Å²) in [6.45, 7) is 8.09. The van der Waals surface area contributed by atoms with E-state index in [4.69, 9.17) is 0 Å². The maximum atomic E-state index is 9.69. The number of benzene rings is 1. The normalized spacial score (nSPS) is 13.9. The Balaban J connectivity index is 3.07. The van der Waals surface area contributed by atoms with E-state index in [1.165, 1.54) is 5.57 Å². The number of hydrogen-bond donors (Lipinski definition) is 2. The van der Waals surface area contributed by atoms with Gasteiger partial charge in [0.1, 0.15) is 5.75 Å². The summed E-state index contributed by atoms with van der Waals surface area (Å²) < 4.78 is 0. The van der Waals surface area contributed by atoms with Crippen molar-refractivity contribution in [2.75, 3.05) is 7.05 Å². The number of likely N-dealkylation sites (N-methyl/N-ethyl adjacent to an activating group) is 1. The molecular formula is C14H21NO. The number of phenolic OH excluding ortho intramolecular Hbond substituents is 1. The highest BCUT2D eigenvalue weighted by Gasteiger charge is 2.04. The molecule has 1 aromatic rings. The van der Waals surface area contributed by atoms with Gasteiger partial charge in [0.25, 0.3) is 0 Å². The Morgan fingerprint density at radius 2 is 1.81 bits per heavy atom. The molecule has 0 amide bonds. The predicted octanol–water partition coefficient (Wildman–Crippen LogP) is 3.02. The van der Waals surface area contributed by atoms with Crippen molar-refractivity contribution in [3.63, 3.8) is 0 Å². The Labute approximate surface area is 98.0 Å². The molecule has 2 N–H and O–H groups in total. The van der Waals surface area contributed by atoms with Crippen LogP contribution in [0.5, 0.6) is 5.75 Å². The summed E-state index contributed by atoms with van der Waals surface area (Å²) in [5.41, 5.74) is 4.28. The average Bonchev–Trinajstić information content (AvgIpc) is 2.24. The molecule has 0 bridgehead atoms. The molecule has 0 saturated heterocycles. The third-order valence-electron chi connectivity index (χ3n) is 3.02. The lowest BCUT2D eigenvalue weighted by Crippen LogP contribution is -2.21. The van der Waals surface area contributed by atoms with E-state index in [1.807, 2.05) is 33.0 Å². The Hall–Kier alpha value is -1.28. The minimum absolute atomic E-state index is 0.370. The second-order valence-corrected chi connectivity index (χ2v) is 4.40. The first-order valence-corrected chi connectivity index (χ1v) is 5.61. The van der Waals surface area contributed by atoms with Gasteiger partial charge in [0, 0.05) is 6.04 Å². The topological polar surface area (TPSA) is 32.3 Å². The maximum absolute atomic E-state index is 9.69. The van der Waals surface area contributed by atoms with Crippen molar-refractivity contribution >= 4 is 6.08 Å². The van der Waals surface area contributed by atoms with Gasteiger partial charge in [0.05, 0.1) is 0 Å². The number of nitrogens with one attached hydrogen (secondary N) is 1. The lowest BCUT2D eigenvalue weighted by atomic mass is 10.0. The molecule has 0 aliphatic heterocycles. The SMILES string of the molecule is CNC(C)/C(C)=C/c1cc(C)c(O)c(C)c1. The number of aryl methyl sites for hydroxylation is 2. The van der Waals surface area contributed by atoms with E-state index in [1.54, 1.807) is 0 Å². The van der Waals surface area contributed by atoms with Crippen LogP contribution < -0.4 is 5.32 Å². The number of rotatable bonds is 3. The molecule has 1 rings (SSSR count). The van der Waals surface area contributed by atoms with E-state index in [9.17, 15) is 5.11 Å². The third kappa shape index (κ3) is 2.86. The molecule has 0 aliphatic carbocycles. The van der Waals surface area contributed by atoms with Gasteiger partial charge in [-0.3, -0.25) is 0 Å². The fourth-order valence-corrected chi connectivity index (χ4v) is 1.69. The zero-order valence-electron chi connectivity index (χ0n) is 10.8. The fraction of sp³-hybridized carbons (Fsp3) is 0.429. The number of phenols is 1. The molecule has 16 heavy (non-hydrogen) atoms. The van der Waals surface area contributed by atoms with Crippen molar-refractivity contribution in [1.29, 1.82) is 0 Å². The summed E-state index contributed by atoms with van der Waals surface area (Å²) in [5.74, 6) is 0.400. The van der Waals surface area contributed by atoms with Crippen LogP contribution in [0.2, 0.25) is 0 Å². The lowest BCUT2D eigenvalue weighted by Gasteiger charge is -2.11. The summed E-state index contributed by atoms with van der Waals surface area (Å²) in [6, 6.07) is 4.39. The second kappa shape index (κ2) is 5.17. The molecule has 0 heterocycles. The van der Waals surface area contributed by atoms with Gasteiger partial charge in [-0.25, -0.2) is 0 Å². The Bertz CT molecular complexity index is 384. The highest BCUT2D eigenvalue weighted by atomic mass is 16.3. The molecule has 2 nitrogen and oxygen atoms in total. The molecule has 0 spiro atoms. The largest absolute Gasteiger partial charge is 0.507 e. The first-order valence-electron chi connectivity index (χ1n) is 5.61. The van der Waals surface area contributed by atoms with Crippen molar-refractivity contribution in [2.45, 2.75) is 33.7 Å². The molecule has 0 aromatic heterocycles. The van der Waals surface area contributed by atoms with Gasteiger partial charge in [-0.1, -0.05) is 11.6 Å². The van der Waals surface area contributed by atoms with E-state index in [0.29, 0.717) is 11.8 Å². The van der Waals surface area contributed by atoms with Crippen LogP contribution in [-0.4, -0.2) is 18.2 Å². The van der Waals surface area contributed by atoms with Gasteiger partial charge in [0.15, 0.2) is 0 Å². The van der Waals surface area contributed by atoms with E-state index >= 15 is 0 Å². The second-order valence-electron chi connectivity index (χ2n) is 4.40. The predicted molar refractivity (Wildman–Crippen MR) is 69.8 cm³/mol. The van der Waals surface area contributed by atoms with E-state index in [0.717, 1.165) is 16.7 Å². The Morgan fingerprint density at radius 1 is 1.31 bits per heavy atom. The Morgan fingerprint density at radius 3 is 2.25 bits per heavy atom. The standard InChI is InChI=1S/C14H21NO/c1-9(12(4)15-5)6-13-7-10(2)14(16)11(3)8-13/h6-8,12,15-16H,1-5H3/b9-6+. The van der Waals surface area contributed by atoms with Crippen molar-refractivity contribution < 1.29 is 5.11 Å². The van der Waals surface area contributed by atoms with Gasteiger partial charge in [-0.2, -0.15) is 0 Å². The van der Waals surface area contributed by atoms with Gasteiger partial charge in [0.2, 0.25) is 0 Å². The molecule has 2 heteroatoms. The average molecular weight is 219 g/mol. The fourth-order valence-electron chi connectivity index (χ4n) is 1.69. The summed E-state index contributed by atoms with van der Waals surface area (Å²) in [6.07, 6.45) is 2.15. The Kier molecular flexibility index (Phi) is 4.13. The molecule has 88 valence electrons. The van der Waals surface area contributed by atoms with Crippen LogP contribution in [0.25, 0.3) is 6.08 Å². The molecular weight excluding hydrogens is 198 g/mol. The molecule has 0 fully saturated rings. The molecule has 0 saturated carbocycles. The van der Waals surface area contributed by atoms with Crippen LogP contribution in [0.3, 0.4) is 0 Å². The van der Waals surface area contributed by atoms with Crippen LogP contribution in [0.1, 0.15) is 30.5 Å². The van der Waals surface area contributed by atoms with Crippen molar-refractivity contribution in [3.05, 3.63) is 34.4 Å². The van der Waals surface area contributed by atoms with E-state index in [-0.39, 0.29) is 0 Å². The summed E-state index contributed by atoms with van der Waals surface area (Å²) in [7, 11) is 1.95. The first kappa shape index (κ1) is 12.8. The maximum Gasteiger partial charge on any atom is 0.121 e. The molecule has 1 aromatic carbocycles. The lowest BCUT2D eigenvalue weighted by molar-refractivity contribution is 0.467. The highest BCUT2D eigenvalue weighted by molar-refractivity contribution is 5.58. The monoisotopic (exact) mass is 219 g/mol. The number of aromatic hydroxyl groups is 1. The van der Waals surface area contributed by atoms with Crippen LogP contribution in [0.4, 0.5) is 0 Å². The van der Waals surface area contributed by atoms with Crippen LogP contribution >= 0.6 is 0 Å². The summed E-state index contributed by atoms with van der Waals surface area (Å²) in [4.78, 5) is 0. The molecule has 1 atom stereocenters. The van der Waals surface area contributed by atoms with Gasteiger partial charge in [-0.15, -0.1) is 0 Å². The zero-order chi connectivity index (χ0) is 12.3. The van der Waals surface area contributed by atoms with Crippen LogP contribution in [0, 0.1) is 13.8 Å². The van der Waals surface area contributed by atoms with Crippen molar-refractivity contribution in [2.24, 2.45) is 0 Å². The van der Waals surface area contributed by atoms with Gasteiger partial charge >= 0.3 is 0 Å². The van der Waals surface area contributed by atoms with Crippen LogP contribution in [0.15, 0.2) is 17.7 Å². The van der Waals surface area contributed by atoms with E-state index in [2.05, 4.69) is 25.2 Å². The quantitative estimate of drug-likeness (QED) is 0.819. The minimum atomic E-state index is 0.370. The van der Waals surface area contributed by atoms with E-state index < -0.39 is 0 Å². The number of hydrogen-bond acceptors (Lipinski definition) is 2. The third-order valence-corrected chi connectivity index (χ3v) is 3.02. The summed E-state index contributed by atoms with van der Waals surface area (Å²) >= 11 is 0. The molecule has 1 unspecified atom stereocenters. The summed E-state index contributed by atoms with van der Waals surface area (Å²) in [5, 5.41) is 12.9. The zero-order valence-corrected chi connectivity index (χ0v) is 10.8. The first-order chi connectivity index (χ1) is 7.45. The smallest absolute Gasteiger partial charge is 0.121 e. The minimum Gasteiger partial charge on any atom is -0.507 e. The molecule has 0 radical (unpaired) electrons. The molecule has 0 aliphatic rings. The van der Waals surface area contributed by atoms with Gasteiger partial charge in [-0.05, 0) is 63.6 Å². The van der Waals surface area contributed by atoms with Crippen LogP contribution in [-0.2, 0) is 0 Å². The van der Waals surface area contributed by atoms with Crippen molar-refractivity contribution in [3.8, 4) is 5.75 Å². The van der Waals surface area contributed by atoms with Crippen molar-refractivity contribution in [1.82, 2.24) is 5.32 Å². The highest BCUT2D eigenvalue weighted by Crippen LogP contribution is 2.24.